The van der Waals surface area contributed by atoms with Crippen LogP contribution in [0.15, 0.2) is 35.4 Å². The van der Waals surface area contributed by atoms with Gasteiger partial charge in [0.05, 0.1) is 43.6 Å². The van der Waals surface area contributed by atoms with E-state index in [-0.39, 0.29) is 6.04 Å². The molecule has 5 heteroatoms. The Labute approximate surface area is 100 Å². The van der Waals surface area contributed by atoms with Crippen LogP contribution in [0.1, 0.15) is 18.5 Å². The Bertz CT molecular complexity index is 436. The van der Waals surface area contributed by atoms with E-state index in [1.165, 1.54) is 0 Å². The summed E-state index contributed by atoms with van der Waals surface area (Å²) in [4.78, 5) is 0. The molecule has 0 radical (unpaired) electrons. The summed E-state index contributed by atoms with van der Waals surface area (Å²) < 4.78 is 11.9. The van der Waals surface area contributed by atoms with Gasteiger partial charge in [-0.15, -0.1) is 0 Å². The highest BCUT2D eigenvalue weighted by Gasteiger charge is 2.07. The summed E-state index contributed by atoms with van der Waals surface area (Å²) in [6, 6.07) is 2.15. The molecular weight excluding hydrogens is 218 g/mol. The van der Waals surface area contributed by atoms with Crippen molar-refractivity contribution in [3.8, 4) is 0 Å². The molecule has 1 N–H and O–H groups in total. The molecule has 0 saturated heterocycles. The van der Waals surface area contributed by atoms with Gasteiger partial charge in [0.25, 0.3) is 0 Å². The number of methoxy groups -OCH3 is 1. The number of hydrogen-bond acceptors (Lipinski definition) is 4. The lowest BCUT2D eigenvalue weighted by Crippen LogP contribution is -2.06. The number of nitrogens with zero attached hydrogens (tertiary/aromatic N) is 2. The Kier molecular flexibility index (Phi) is 3.82. The highest BCUT2D eigenvalue weighted by Crippen LogP contribution is 2.18. The Hall–Kier alpha value is -1.75. The van der Waals surface area contributed by atoms with Crippen LogP contribution in [0, 0.1) is 0 Å². The Morgan fingerprint density at radius 2 is 2.47 bits per heavy atom. The number of aromatic nitrogens is 2. The molecule has 0 fully saturated rings. The van der Waals surface area contributed by atoms with Gasteiger partial charge in [0.15, 0.2) is 0 Å². The Balaban J connectivity index is 1.92. The number of rotatable bonds is 6. The smallest absolute Gasteiger partial charge is 0.0955 e. The summed E-state index contributed by atoms with van der Waals surface area (Å²) in [5.74, 6) is 0. The van der Waals surface area contributed by atoms with Gasteiger partial charge >= 0.3 is 0 Å². The van der Waals surface area contributed by atoms with Gasteiger partial charge < -0.3 is 14.5 Å². The van der Waals surface area contributed by atoms with Gasteiger partial charge in [-0.1, -0.05) is 0 Å². The average Bonchev–Trinajstić information content (AvgIpc) is 2.97. The molecule has 2 aromatic heterocycles. The van der Waals surface area contributed by atoms with Gasteiger partial charge in [-0.25, -0.2) is 0 Å². The van der Waals surface area contributed by atoms with Crippen molar-refractivity contribution in [2.24, 2.45) is 0 Å². The van der Waals surface area contributed by atoms with E-state index in [2.05, 4.69) is 17.3 Å². The van der Waals surface area contributed by atoms with E-state index in [0.717, 1.165) is 17.8 Å². The molecule has 0 aliphatic carbocycles. The fourth-order valence-electron chi connectivity index (χ4n) is 1.60. The van der Waals surface area contributed by atoms with Gasteiger partial charge in [0, 0.05) is 18.9 Å². The highest BCUT2D eigenvalue weighted by molar-refractivity contribution is 5.40. The molecule has 0 bridgehead atoms. The number of ether oxygens (including phenoxy) is 1. The molecular formula is C12H17N3O2. The predicted molar refractivity (Wildman–Crippen MR) is 64.8 cm³/mol. The summed E-state index contributed by atoms with van der Waals surface area (Å²) in [7, 11) is 1.68. The SMILES string of the molecule is COCCn1cc(NC(C)c2ccoc2)cn1. The van der Waals surface area contributed by atoms with Crippen LogP contribution in [0.25, 0.3) is 0 Å². The third-order valence-corrected chi connectivity index (χ3v) is 2.58. The van der Waals surface area contributed by atoms with E-state index >= 15 is 0 Å². The number of furan rings is 1. The summed E-state index contributed by atoms with van der Waals surface area (Å²) in [6.07, 6.45) is 7.20. The Morgan fingerprint density at radius 3 is 3.18 bits per heavy atom. The van der Waals surface area contributed by atoms with E-state index in [4.69, 9.17) is 9.15 Å². The van der Waals surface area contributed by atoms with Crippen molar-refractivity contribution in [2.45, 2.75) is 19.5 Å². The first-order chi connectivity index (χ1) is 8.29. The first-order valence-electron chi connectivity index (χ1n) is 5.59. The summed E-state index contributed by atoms with van der Waals surface area (Å²) in [5.41, 5.74) is 2.12. The van der Waals surface area contributed by atoms with Crippen LogP contribution in [0.5, 0.6) is 0 Å². The van der Waals surface area contributed by atoms with Gasteiger partial charge in [-0.2, -0.15) is 5.10 Å². The van der Waals surface area contributed by atoms with E-state index in [9.17, 15) is 0 Å². The van der Waals surface area contributed by atoms with E-state index in [1.807, 2.05) is 23.1 Å². The highest BCUT2D eigenvalue weighted by atomic mass is 16.5. The lowest BCUT2D eigenvalue weighted by Gasteiger charge is -2.10. The maximum Gasteiger partial charge on any atom is 0.0955 e. The zero-order valence-corrected chi connectivity index (χ0v) is 10.1. The molecule has 1 atom stereocenters. The number of hydrogen-bond donors (Lipinski definition) is 1. The standard InChI is InChI=1S/C12H17N3O2/c1-10(11-3-5-17-9-11)14-12-7-13-15(8-12)4-6-16-2/h3,5,7-10,14H,4,6H2,1-2H3. The van der Waals surface area contributed by atoms with E-state index in [1.54, 1.807) is 19.6 Å². The van der Waals surface area contributed by atoms with Crippen LogP contribution in [0.4, 0.5) is 5.69 Å². The molecule has 17 heavy (non-hydrogen) atoms. The fourth-order valence-corrected chi connectivity index (χ4v) is 1.60. The molecule has 0 saturated carbocycles. The third kappa shape index (κ3) is 3.10. The van der Waals surface area contributed by atoms with Crippen LogP contribution in [-0.4, -0.2) is 23.5 Å². The summed E-state index contributed by atoms with van der Waals surface area (Å²) in [6.45, 7) is 3.51. The van der Waals surface area contributed by atoms with Crippen LogP contribution in [0.2, 0.25) is 0 Å². The zero-order valence-electron chi connectivity index (χ0n) is 10.1. The minimum absolute atomic E-state index is 0.203. The molecule has 1 unspecified atom stereocenters. The van der Waals surface area contributed by atoms with Gasteiger partial charge in [0.2, 0.25) is 0 Å². The van der Waals surface area contributed by atoms with Crippen molar-refractivity contribution >= 4 is 5.69 Å². The van der Waals surface area contributed by atoms with Crippen molar-refractivity contribution in [3.05, 3.63) is 36.5 Å². The van der Waals surface area contributed by atoms with Crippen LogP contribution in [0.3, 0.4) is 0 Å². The normalized spacial score (nSPS) is 12.6. The molecule has 2 aromatic rings. The maximum absolute atomic E-state index is 5.05. The van der Waals surface area contributed by atoms with Gasteiger partial charge in [-0.05, 0) is 13.0 Å². The van der Waals surface area contributed by atoms with E-state index in [0.29, 0.717) is 6.61 Å². The largest absolute Gasteiger partial charge is 0.472 e. The van der Waals surface area contributed by atoms with Crippen LogP contribution in [-0.2, 0) is 11.3 Å². The third-order valence-electron chi connectivity index (χ3n) is 2.58. The van der Waals surface area contributed by atoms with Gasteiger partial charge in [0.1, 0.15) is 0 Å². The lowest BCUT2D eigenvalue weighted by molar-refractivity contribution is 0.183. The molecule has 2 heterocycles. The number of anilines is 1. The lowest BCUT2D eigenvalue weighted by atomic mass is 10.2. The molecule has 0 spiro atoms. The molecule has 0 aromatic carbocycles. The van der Waals surface area contributed by atoms with Crippen LogP contribution < -0.4 is 5.32 Å². The van der Waals surface area contributed by atoms with Crippen LogP contribution >= 0.6 is 0 Å². The molecule has 92 valence electrons. The quantitative estimate of drug-likeness (QED) is 0.834. The second-order valence-electron chi connectivity index (χ2n) is 3.91. The predicted octanol–water partition coefficient (Wildman–Crippen LogP) is 2.30. The summed E-state index contributed by atoms with van der Waals surface area (Å²) in [5, 5.41) is 7.60. The van der Waals surface area contributed by atoms with Crippen molar-refractivity contribution in [1.82, 2.24) is 9.78 Å². The number of nitrogens with one attached hydrogen (secondary N) is 1. The summed E-state index contributed by atoms with van der Waals surface area (Å²) >= 11 is 0. The average molecular weight is 235 g/mol. The maximum atomic E-state index is 5.05. The van der Waals surface area contributed by atoms with Gasteiger partial charge in [-0.3, -0.25) is 4.68 Å². The van der Waals surface area contributed by atoms with E-state index < -0.39 is 0 Å². The molecule has 0 aliphatic heterocycles. The zero-order chi connectivity index (χ0) is 12.1. The monoisotopic (exact) mass is 235 g/mol. The fraction of sp³-hybridized carbons (Fsp3) is 0.417. The minimum Gasteiger partial charge on any atom is -0.472 e. The van der Waals surface area contributed by atoms with Crippen molar-refractivity contribution < 1.29 is 9.15 Å². The first kappa shape index (κ1) is 11.7. The second kappa shape index (κ2) is 5.54. The van der Waals surface area contributed by atoms with Crippen molar-refractivity contribution in [1.29, 1.82) is 0 Å². The van der Waals surface area contributed by atoms with Crippen molar-refractivity contribution in [2.75, 3.05) is 19.0 Å². The second-order valence-corrected chi connectivity index (χ2v) is 3.91. The molecule has 2 rings (SSSR count). The molecule has 5 nitrogen and oxygen atoms in total. The molecule has 0 aliphatic rings. The Morgan fingerprint density at radius 1 is 1.59 bits per heavy atom. The topological polar surface area (TPSA) is 52.2 Å². The van der Waals surface area contributed by atoms with Crippen molar-refractivity contribution in [3.63, 3.8) is 0 Å². The first-order valence-corrected chi connectivity index (χ1v) is 5.59. The minimum atomic E-state index is 0.203. The molecule has 0 amide bonds.